The molecular weight excluding hydrogens is 428 g/mol. The molecule has 1 N–H and O–H groups in total. The number of morpholine rings is 1. The van der Waals surface area contributed by atoms with Gasteiger partial charge in [0.2, 0.25) is 0 Å². The second-order valence-corrected chi connectivity index (χ2v) is 9.06. The van der Waals surface area contributed by atoms with E-state index in [9.17, 15) is 4.79 Å². The first-order chi connectivity index (χ1) is 16.7. The van der Waals surface area contributed by atoms with Gasteiger partial charge in [0, 0.05) is 50.2 Å². The number of nitrogens with one attached hydrogen (secondary N) is 1. The summed E-state index contributed by atoms with van der Waals surface area (Å²) in [5.41, 5.74) is 4.33. The molecule has 2 saturated heterocycles. The molecule has 0 saturated carbocycles. The summed E-state index contributed by atoms with van der Waals surface area (Å²) >= 11 is 0. The van der Waals surface area contributed by atoms with Crippen LogP contribution in [0.3, 0.4) is 0 Å². The predicted octanol–water partition coefficient (Wildman–Crippen LogP) is 3.00. The number of pyridine rings is 1. The Bertz CT molecular complexity index is 1350. The number of aromatic amines is 1. The fourth-order valence-electron chi connectivity index (χ4n) is 4.76. The van der Waals surface area contributed by atoms with Crippen LogP contribution in [0.4, 0.5) is 5.82 Å². The maximum atomic E-state index is 13.0. The van der Waals surface area contributed by atoms with Crippen LogP contribution in [0.1, 0.15) is 10.4 Å². The highest BCUT2D eigenvalue weighted by molar-refractivity contribution is 5.98. The number of carbonyl (C=O) groups excluding carboxylic acids is 1. The third-order valence-corrected chi connectivity index (χ3v) is 6.79. The quantitative estimate of drug-likeness (QED) is 0.511. The number of fused-ring (bicyclic) bond motifs is 2. The summed E-state index contributed by atoms with van der Waals surface area (Å²) < 4.78 is 5.38. The van der Waals surface area contributed by atoms with Gasteiger partial charge in [-0.05, 0) is 37.4 Å². The Morgan fingerprint density at radius 3 is 2.53 bits per heavy atom. The van der Waals surface area contributed by atoms with Crippen molar-refractivity contribution in [3.8, 4) is 11.4 Å². The Balaban J connectivity index is 1.40. The number of ether oxygens (including phenoxy) is 1. The number of nitrogens with zero attached hydrogens (tertiary/aromatic N) is 5. The van der Waals surface area contributed by atoms with Crippen LogP contribution in [0, 0.1) is 0 Å². The number of rotatable bonds is 3. The van der Waals surface area contributed by atoms with Gasteiger partial charge in [-0.25, -0.2) is 9.97 Å². The Labute approximate surface area is 198 Å². The first kappa shape index (κ1) is 21.1. The molecule has 4 heterocycles. The SMILES string of the molecule is CN1CCN(c2nc3ccccc3cc2-c2nc3ccc(C(=O)N4CCOCC4)cc3[nH]2)CC1. The van der Waals surface area contributed by atoms with Crippen LogP contribution in [0.2, 0.25) is 0 Å². The van der Waals surface area contributed by atoms with E-state index in [1.54, 1.807) is 0 Å². The summed E-state index contributed by atoms with van der Waals surface area (Å²) in [5, 5.41) is 1.08. The van der Waals surface area contributed by atoms with Crippen molar-refractivity contribution in [1.82, 2.24) is 24.8 Å². The van der Waals surface area contributed by atoms with E-state index in [-0.39, 0.29) is 5.91 Å². The van der Waals surface area contributed by atoms with Gasteiger partial charge in [0.05, 0.1) is 35.3 Å². The molecule has 0 unspecified atom stereocenters. The second kappa shape index (κ2) is 8.70. The highest BCUT2D eigenvalue weighted by Crippen LogP contribution is 2.33. The zero-order valence-corrected chi connectivity index (χ0v) is 19.3. The number of H-pyrrole nitrogens is 1. The molecule has 8 heteroatoms. The summed E-state index contributed by atoms with van der Waals surface area (Å²) in [6, 6.07) is 16.1. The van der Waals surface area contributed by atoms with Crippen LogP contribution < -0.4 is 4.90 Å². The number of piperazine rings is 1. The van der Waals surface area contributed by atoms with Gasteiger partial charge in [-0.1, -0.05) is 18.2 Å². The number of imidazole rings is 1. The molecule has 2 fully saturated rings. The number of para-hydroxylation sites is 1. The van der Waals surface area contributed by atoms with Crippen molar-refractivity contribution in [3.63, 3.8) is 0 Å². The molecule has 0 spiro atoms. The fourth-order valence-corrected chi connectivity index (χ4v) is 4.76. The van der Waals surface area contributed by atoms with E-state index in [1.165, 1.54) is 0 Å². The van der Waals surface area contributed by atoms with Crippen LogP contribution in [-0.4, -0.2) is 90.2 Å². The molecule has 6 rings (SSSR count). The minimum atomic E-state index is 0.0341. The lowest BCUT2D eigenvalue weighted by Gasteiger charge is -2.34. The van der Waals surface area contributed by atoms with Gasteiger partial charge in [-0.3, -0.25) is 4.79 Å². The van der Waals surface area contributed by atoms with E-state index >= 15 is 0 Å². The maximum absolute atomic E-state index is 13.0. The lowest BCUT2D eigenvalue weighted by Crippen LogP contribution is -2.45. The zero-order chi connectivity index (χ0) is 23.1. The Hall–Kier alpha value is -3.49. The van der Waals surface area contributed by atoms with E-state index in [2.05, 4.69) is 40.0 Å². The average Bonchev–Trinajstić information content (AvgIpc) is 3.32. The molecule has 34 heavy (non-hydrogen) atoms. The molecule has 2 aliphatic rings. The van der Waals surface area contributed by atoms with Gasteiger partial charge < -0.3 is 24.4 Å². The average molecular weight is 457 g/mol. The van der Waals surface area contributed by atoms with Gasteiger partial charge in [-0.15, -0.1) is 0 Å². The van der Waals surface area contributed by atoms with Crippen molar-refractivity contribution < 1.29 is 9.53 Å². The summed E-state index contributed by atoms with van der Waals surface area (Å²) in [5.74, 6) is 1.76. The Kier molecular flexibility index (Phi) is 5.39. The van der Waals surface area contributed by atoms with Gasteiger partial charge in [-0.2, -0.15) is 0 Å². The monoisotopic (exact) mass is 456 g/mol. The maximum Gasteiger partial charge on any atom is 0.254 e. The topological polar surface area (TPSA) is 77.6 Å². The molecular formula is C26H28N6O2. The highest BCUT2D eigenvalue weighted by atomic mass is 16.5. The number of carbonyl (C=O) groups is 1. The number of benzene rings is 2. The van der Waals surface area contributed by atoms with Crippen molar-refractivity contribution in [1.29, 1.82) is 0 Å². The molecule has 174 valence electrons. The second-order valence-electron chi connectivity index (χ2n) is 9.06. The van der Waals surface area contributed by atoms with E-state index in [1.807, 2.05) is 35.2 Å². The van der Waals surface area contributed by atoms with Gasteiger partial charge in [0.15, 0.2) is 0 Å². The highest BCUT2D eigenvalue weighted by Gasteiger charge is 2.23. The molecule has 1 amide bonds. The van der Waals surface area contributed by atoms with Crippen molar-refractivity contribution >= 4 is 33.7 Å². The zero-order valence-electron chi connectivity index (χ0n) is 19.3. The minimum Gasteiger partial charge on any atom is -0.378 e. The normalized spacial score (nSPS) is 17.6. The van der Waals surface area contributed by atoms with Crippen LogP contribution in [0.25, 0.3) is 33.3 Å². The van der Waals surface area contributed by atoms with Crippen molar-refractivity contribution in [2.75, 3.05) is 64.4 Å². The summed E-state index contributed by atoms with van der Waals surface area (Å²) in [6.45, 7) is 6.28. The number of hydrogen-bond donors (Lipinski definition) is 1. The lowest BCUT2D eigenvalue weighted by molar-refractivity contribution is 0.0303. The molecule has 2 aromatic heterocycles. The number of aromatic nitrogens is 3. The number of likely N-dealkylation sites (N-methyl/N-ethyl adjacent to an activating group) is 1. The Morgan fingerprint density at radius 1 is 0.912 bits per heavy atom. The van der Waals surface area contributed by atoms with Crippen molar-refractivity contribution in [2.45, 2.75) is 0 Å². The predicted molar refractivity (Wildman–Crippen MR) is 133 cm³/mol. The van der Waals surface area contributed by atoms with E-state index in [0.717, 1.165) is 65.3 Å². The molecule has 0 bridgehead atoms. The van der Waals surface area contributed by atoms with Crippen molar-refractivity contribution in [2.24, 2.45) is 0 Å². The van der Waals surface area contributed by atoms with Crippen LogP contribution in [0.5, 0.6) is 0 Å². The summed E-state index contributed by atoms with van der Waals surface area (Å²) in [7, 11) is 2.15. The number of amides is 1. The van der Waals surface area contributed by atoms with E-state index < -0.39 is 0 Å². The van der Waals surface area contributed by atoms with Gasteiger partial charge >= 0.3 is 0 Å². The molecule has 0 atom stereocenters. The van der Waals surface area contributed by atoms with Gasteiger partial charge in [0.1, 0.15) is 11.6 Å². The smallest absolute Gasteiger partial charge is 0.254 e. The first-order valence-electron chi connectivity index (χ1n) is 11.9. The van der Waals surface area contributed by atoms with Crippen molar-refractivity contribution in [3.05, 3.63) is 54.1 Å². The van der Waals surface area contributed by atoms with Crippen LogP contribution >= 0.6 is 0 Å². The number of anilines is 1. The molecule has 4 aromatic rings. The van der Waals surface area contributed by atoms with Gasteiger partial charge in [0.25, 0.3) is 5.91 Å². The summed E-state index contributed by atoms with van der Waals surface area (Å²) in [6.07, 6.45) is 0. The molecule has 0 aliphatic carbocycles. The van der Waals surface area contributed by atoms with Crippen LogP contribution in [0.15, 0.2) is 48.5 Å². The minimum absolute atomic E-state index is 0.0341. The summed E-state index contributed by atoms with van der Waals surface area (Å²) in [4.78, 5) is 32.9. The molecule has 0 radical (unpaired) electrons. The lowest BCUT2D eigenvalue weighted by atomic mass is 10.1. The first-order valence-corrected chi connectivity index (χ1v) is 11.9. The third-order valence-electron chi connectivity index (χ3n) is 6.79. The largest absolute Gasteiger partial charge is 0.378 e. The van der Waals surface area contributed by atoms with E-state index in [4.69, 9.17) is 14.7 Å². The standard InChI is InChI=1S/C26H28N6O2/c1-30-8-10-31(11-9-30)25-20(16-18-4-2-3-5-21(18)29-25)24-27-22-7-6-19(17-23(22)28-24)26(33)32-12-14-34-15-13-32/h2-7,16-17H,8-15H2,1H3,(H,27,28). The molecule has 2 aliphatic heterocycles. The Morgan fingerprint density at radius 2 is 1.71 bits per heavy atom. The third kappa shape index (κ3) is 3.89. The molecule has 8 nitrogen and oxygen atoms in total. The van der Waals surface area contributed by atoms with Crippen LogP contribution in [-0.2, 0) is 4.74 Å². The molecule has 2 aromatic carbocycles. The number of hydrogen-bond acceptors (Lipinski definition) is 6. The fraction of sp³-hybridized carbons (Fsp3) is 0.346. The van der Waals surface area contributed by atoms with E-state index in [0.29, 0.717) is 31.9 Å².